The van der Waals surface area contributed by atoms with Crippen LogP contribution in [0.15, 0.2) is 94.5 Å². The van der Waals surface area contributed by atoms with E-state index < -0.39 is 0 Å². The predicted octanol–water partition coefficient (Wildman–Crippen LogP) is 5.95. The topological polar surface area (TPSA) is 59.9 Å². The van der Waals surface area contributed by atoms with E-state index in [1.54, 1.807) is 19.4 Å². The first kappa shape index (κ1) is 21.6. The Kier molecular flexibility index (Phi) is 6.82. The van der Waals surface area contributed by atoms with Gasteiger partial charge in [-0.25, -0.2) is 5.43 Å². The van der Waals surface area contributed by atoms with Gasteiger partial charge in [0.05, 0.1) is 18.9 Å². The van der Waals surface area contributed by atoms with Crippen molar-refractivity contribution in [2.45, 2.75) is 6.61 Å². The molecule has 0 heterocycles. The number of nitrogens with one attached hydrogen (secondary N) is 1. The van der Waals surface area contributed by atoms with E-state index in [9.17, 15) is 4.79 Å². The molecule has 0 saturated heterocycles. The Balaban J connectivity index is 1.51. The van der Waals surface area contributed by atoms with Gasteiger partial charge in [0.1, 0.15) is 18.1 Å². The normalized spacial score (nSPS) is 10.9. The van der Waals surface area contributed by atoms with Crippen molar-refractivity contribution in [1.29, 1.82) is 0 Å². The number of halogens is 1. The van der Waals surface area contributed by atoms with Crippen LogP contribution in [0.3, 0.4) is 0 Å². The van der Waals surface area contributed by atoms with Crippen molar-refractivity contribution in [1.82, 2.24) is 5.43 Å². The predicted molar refractivity (Wildman–Crippen MR) is 130 cm³/mol. The summed E-state index contributed by atoms with van der Waals surface area (Å²) >= 11 is 3.47. The lowest BCUT2D eigenvalue weighted by molar-refractivity contribution is 0.0952. The average Bonchev–Trinajstić information content (AvgIpc) is 2.83. The molecule has 4 rings (SSSR count). The van der Waals surface area contributed by atoms with Gasteiger partial charge in [-0.15, -0.1) is 0 Å². The summed E-state index contributed by atoms with van der Waals surface area (Å²) in [6.45, 7) is 0.434. The van der Waals surface area contributed by atoms with Gasteiger partial charge < -0.3 is 9.47 Å². The molecule has 0 saturated carbocycles. The largest absolute Gasteiger partial charge is 0.496 e. The molecule has 0 spiro atoms. The van der Waals surface area contributed by atoms with E-state index in [0.717, 1.165) is 26.4 Å². The minimum absolute atomic E-state index is 0.356. The van der Waals surface area contributed by atoms with Gasteiger partial charge in [-0.1, -0.05) is 70.5 Å². The molecule has 1 amide bonds. The van der Waals surface area contributed by atoms with Crippen LogP contribution in [0.25, 0.3) is 10.8 Å². The molecular weight excluding hydrogens is 468 g/mol. The Morgan fingerprint density at radius 1 is 0.938 bits per heavy atom. The van der Waals surface area contributed by atoms with Gasteiger partial charge in [0.25, 0.3) is 5.91 Å². The summed E-state index contributed by atoms with van der Waals surface area (Å²) < 4.78 is 12.3. The quantitative estimate of drug-likeness (QED) is 0.258. The highest BCUT2D eigenvalue weighted by Crippen LogP contribution is 2.26. The third kappa shape index (κ3) is 5.15. The van der Waals surface area contributed by atoms with Crippen molar-refractivity contribution in [3.63, 3.8) is 0 Å². The fourth-order valence-electron chi connectivity index (χ4n) is 3.27. The van der Waals surface area contributed by atoms with E-state index in [2.05, 4.69) is 26.5 Å². The lowest BCUT2D eigenvalue weighted by Crippen LogP contribution is -2.18. The third-order valence-electron chi connectivity index (χ3n) is 4.89. The molecule has 0 unspecified atom stereocenters. The first-order valence-electron chi connectivity index (χ1n) is 10.0. The number of ether oxygens (including phenoxy) is 2. The van der Waals surface area contributed by atoms with Crippen LogP contribution in [0.2, 0.25) is 0 Å². The molecule has 0 aliphatic carbocycles. The minimum Gasteiger partial charge on any atom is -0.496 e. The fourth-order valence-corrected chi connectivity index (χ4v) is 3.65. The number of carbonyl (C=O) groups excluding carboxylic acids is 1. The van der Waals surface area contributed by atoms with Crippen molar-refractivity contribution < 1.29 is 14.3 Å². The summed E-state index contributed by atoms with van der Waals surface area (Å²) in [4.78, 5) is 12.8. The zero-order valence-electron chi connectivity index (χ0n) is 17.4. The summed E-state index contributed by atoms with van der Waals surface area (Å²) in [5, 5.41) is 6.10. The Labute approximate surface area is 194 Å². The number of hydrazone groups is 1. The average molecular weight is 489 g/mol. The van der Waals surface area contributed by atoms with Crippen molar-refractivity contribution in [3.05, 3.63) is 106 Å². The second-order valence-electron chi connectivity index (χ2n) is 7.06. The molecule has 4 aromatic rings. The van der Waals surface area contributed by atoms with E-state index in [0.29, 0.717) is 23.7 Å². The molecule has 0 fully saturated rings. The number of hydrogen-bond donors (Lipinski definition) is 1. The highest BCUT2D eigenvalue weighted by molar-refractivity contribution is 9.10. The second kappa shape index (κ2) is 10.1. The third-order valence-corrected chi connectivity index (χ3v) is 5.38. The van der Waals surface area contributed by atoms with Crippen LogP contribution in [0.1, 0.15) is 21.5 Å². The SMILES string of the molecule is COc1cc2ccccc2cc1C(=O)N/N=C\c1cc(Br)ccc1OCc1ccccc1. The smallest absolute Gasteiger partial charge is 0.275 e. The Hall–Kier alpha value is -3.64. The maximum atomic E-state index is 12.8. The summed E-state index contributed by atoms with van der Waals surface area (Å²) in [6.07, 6.45) is 1.57. The number of hydrogen-bond acceptors (Lipinski definition) is 4. The standard InChI is InChI=1S/C26H21BrN2O3/c1-31-25-15-20-10-6-5-9-19(20)14-23(25)26(30)29-28-16-21-13-22(27)11-12-24(21)32-17-18-7-3-2-4-8-18/h2-16H,17H2,1H3,(H,29,30)/b28-16-. The van der Waals surface area contributed by atoms with E-state index in [1.807, 2.05) is 78.9 Å². The van der Waals surface area contributed by atoms with Gasteiger partial charge in [0.2, 0.25) is 0 Å². The van der Waals surface area contributed by atoms with Crippen LogP contribution >= 0.6 is 15.9 Å². The van der Waals surface area contributed by atoms with Crippen molar-refractivity contribution in [3.8, 4) is 11.5 Å². The summed E-state index contributed by atoms with van der Waals surface area (Å²) in [5.41, 5.74) is 4.80. The van der Waals surface area contributed by atoms with E-state index >= 15 is 0 Å². The number of carbonyl (C=O) groups is 1. The van der Waals surface area contributed by atoms with Crippen LogP contribution in [-0.2, 0) is 6.61 Å². The molecule has 0 radical (unpaired) electrons. The molecule has 0 aliphatic heterocycles. The molecular formula is C26H21BrN2O3. The molecule has 1 N–H and O–H groups in total. The number of benzene rings is 4. The Bertz CT molecular complexity index is 1270. The van der Waals surface area contributed by atoms with Crippen LogP contribution in [0.4, 0.5) is 0 Å². The highest BCUT2D eigenvalue weighted by Gasteiger charge is 2.13. The van der Waals surface area contributed by atoms with Gasteiger partial charge in [-0.05, 0) is 46.7 Å². The maximum Gasteiger partial charge on any atom is 0.275 e. The van der Waals surface area contributed by atoms with E-state index in [1.165, 1.54) is 0 Å². The number of rotatable bonds is 7. The van der Waals surface area contributed by atoms with Gasteiger partial charge in [-0.2, -0.15) is 5.10 Å². The van der Waals surface area contributed by atoms with Gasteiger partial charge in [-0.3, -0.25) is 4.79 Å². The summed E-state index contributed by atoms with van der Waals surface area (Å²) in [5.74, 6) is 0.801. The van der Waals surface area contributed by atoms with Gasteiger partial charge >= 0.3 is 0 Å². The van der Waals surface area contributed by atoms with Crippen molar-refractivity contribution >= 4 is 38.8 Å². The van der Waals surface area contributed by atoms with Crippen molar-refractivity contribution in [2.24, 2.45) is 5.10 Å². The van der Waals surface area contributed by atoms with Crippen LogP contribution < -0.4 is 14.9 Å². The molecule has 5 nitrogen and oxygen atoms in total. The van der Waals surface area contributed by atoms with Gasteiger partial charge in [0.15, 0.2) is 0 Å². The zero-order chi connectivity index (χ0) is 22.3. The summed E-state index contributed by atoms with van der Waals surface area (Å²) in [6, 6.07) is 27.0. The second-order valence-corrected chi connectivity index (χ2v) is 7.97. The molecule has 4 aromatic carbocycles. The number of fused-ring (bicyclic) bond motifs is 1. The lowest BCUT2D eigenvalue weighted by atomic mass is 10.1. The fraction of sp³-hybridized carbons (Fsp3) is 0.0769. The van der Waals surface area contributed by atoms with E-state index in [4.69, 9.17) is 9.47 Å². The molecule has 160 valence electrons. The van der Waals surface area contributed by atoms with Crippen molar-refractivity contribution in [2.75, 3.05) is 7.11 Å². The lowest BCUT2D eigenvalue weighted by Gasteiger charge is -2.10. The molecule has 6 heteroatoms. The molecule has 0 atom stereocenters. The zero-order valence-corrected chi connectivity index (χ0v) is 19.0. The minimum atomic E-state index is -0.356. The molecule has 0 bridgehead atoms. The Morgan fingerprint density at radius 2 is 1.66 bits per heavy atom. The Morgan fingerprint density at radius 3 is 2.41 bits per heavy atom. The molecule has 0 aromatic heterocycles. The molecule has 0 aliphatic rings. The summed E-state index contributed by atoms with van der Waals surface area (Å²) in [7, 11) is 1.54. The molecule has 32 heavy (non-hydrogen) atoms. The number of nitrogens with zero attached hydrogens (tertiary/aromatic N) is 1. The van der Waals surface area contributed by atoms with E-state index in [-0.39, 0.29) is 5.91 Å². The van der Waals surface area contributed by atoms with Crippen LogP contribution in [0.5, 0.6) is 11.5 Å². The van der Waals surface area contributed by atoms with Crippen LogP contribution in [0, 0.1) is 0 Å². The number of methoxy groups -OCH3 is 1. The van der Waals surface area contributed by atoms with Crippen LogP contribution in [-0.4, -0.2) is 19.2 Å². The monoisotopic (exact) mass is 488 g/mol. The first-order valence-corrected chi connectivity index (χ1v) is 10.8. The first-order chi connectivity index (χ1) is 15.6. The highest BCUT2D eigenvalue weighted by atomic mass is 79.9. The number of amides is 1. The maximum absolute atomic E-state index is 12.8. The van der Waals surface area contributed by atoms with Gasteiger partial charge in [0, 0.05) is 10.0 Å².